The summed E-state index contributed by atoms with van der Waals surface area (Å²) in [7, 11) is 0. The molecule has 0 saturated carbocycles. The van der Waals surface area contributed by atoms with E-state index in [2.05, 4.69) is 26.0 Å². The number of rotatable bonds is 4. The molecule has 1 atom stereocenters. The molecule has 4 nitrogen and oxygen atoms in total. The minimum absolute atomic E-state index is 0.0934. The number of nitrogens with one attached hydrogen (secondary N) is 1. The molecule has 1 N–H and O–H groups in total. The van der Waals surface area contributed by atoms with Crippen LogP contribution in [0.15, 0.2) is 46.4 Å². The van der Waals surface area contributed by atoms with Crippen molar-refractivity contribution in [3.63, 3.8) is 0 Å². The van der Waals surface area contributed by atoms with Crippen LogP contribution in [0.2, 0.25) is 0 Å². The molecule has 1 saturated heterocycles. The highest BCUT2D eigenvalue weighted by Crippen LogP contribution is 2.66. The molecule has 1 aromatic carbocycles. The van der Waals surface area contributed by atoms with E-state index in [1.165, 1.54) is 49.1 Å². The highest BCUT2D eigenvalue weighted by molar-refractivity contribution is 8.15. The van der Waals surface area contributed by atoms with Crippen molar-refractivity contribution in [2.75, 3.05) is 17.9 Å². The largest absolute Gasteiger partial charge is 0.327 e. The van der Waals surface area contributed by atoms with Gasteiger partial charge in [0, 0.05) is 19.3 Å². The Kier molecular flexibility index (Phi) is 4.85. The fourth-order valence-corrected chi connectivity index (χ4v) is 8.41. The number of fused-ring (bicyclic) bond motifs is 1. The van der Waals surface area contributed by atoms with Crippen LogP contribution in [0.4, 0.5) is 5.69 Å². The number of likely N-dealkylation sites (tertiary alicyclic amines) is 1. The average Bonchev–Trinajstić information content (AvgIpc) is 3.22. The first-order valence-corrected chi connectivity index (χ1v) is 12.1. The van der Waals surface area contributed by atoms with Gasteiger partial charge in [0.05, 0.1) is 30.6 Å². The Morgan fingerprint density at radius 1 is 1.12 bits per heavy atom. The number of hydrogen-bond donors (Lipinski definition) is 1. The Bertz CT molecular complexity index is 753. The molecule has 1 fully saturated rings. The van der Waals surface area contributed by atoms with Gasteiger partial charge in [0.15, 0.2) is 0 Å². The zero-order chi connectivity index (χ0) is 17.4. The van der Waals surface area contributed by atoms with Gasteiger partial charge in [0.25, 0.3) is 0 Å². The van der Waals surface area contributed by atoms with Crippen molar-refractivity contribution in [1.82, 2.24) is 0 Å². The van der Waals surface area contributed by atoms with Crippen LogP contribution in [0.1, 0.15) is 46.0 Å². The summed E-state index contributed by atoms with van der Waals surface area (Å²) in [4.78, 5) is 1.62. The quantitative estimate of drug-likeness (QED) is 0.813. The maximum atomic E-state index is 6.49. The van der Waals surface area contributed by atoms with Crippen LogP contribution in [0.3, 0.4) is 0 Å². The monoisotopic (exact) mass is 376 g/mol. The smallest absolute Gasteiger partial charge is 0.213 e. The van der Waals surface area contributed by atoms with Crippen molar-refractivity contribution >= 4 is 29.6 Å². The molecule has 0 amide bonds. The molecule has 0 radical (unpaired) electrons. The van der Waals surface area contributed by atoms with E-state index in [9.17, 15) is 0 Å². The minimum Gasteiger partial charge on any atom is -0.327 e. The molecule has 0 spiro atoms. The van der Waals surface area contributed by atoms with Crippen molar-refractivity contribution in [3.05, 3.63) is 41.3 Å². The molecule has 1 aromatic rings. The second-order valence-electron chi connectivity index (χ2n) is 7.34. The van der Waals surface area contributed by atoms with Gasteiger partial charge in [0.2, 0.25) is 6.42 Å². The van der Waals surface area contributed by atoms with Crippen molar-refractivity contribution in [2.45, 2.75) is 52.1 Å². The Morgan fingerprint density at radius 3 is 2.52 bits per heavy atom. The third-order valence-corrected chi connectivity index (χ3v) is 9.01. The van der Waals surface area contributed by atoms with Crippen molar-refractivity contribution in [3.8, 4) is 0 Å². The van der Waals surface area contributed by atoms with E-state index in [1.807, 2.05) is 23.0 Å². The number of anilines is 1. The molecule has 6 heteroatoms. The topological polar surface area (TPSA) is 29.3 Å². The number of nitrogens with zero attached hydrogens (tertiary/aromatic N) is 2. The average molecular weight is 376 g/mol. The maximum absolute atomic E-state index is 6.49. The lowest BCUT2D eigenvalue weighted by Gasteiger charge is -2.32. The lowest BCUT2D eigenvalue weighted by Crippen LogP contribution is -3.08. The summed E-state index contributed by atoms with van der Waals surface area (Å²) in [5, 5.41) is 6.30. The van der Waals surface area contributed by atoms with E-state index >= 15 is 0 Å². The summed E-state index contributed by atoms with van der Waals surface area (Å²) in [6.07, 6.45) is 3.70. The van der Waals surface area contributed by atoms with Crippen LogP contribution in [-0.4, -0.2) is 24.9 Å². The number of hydrogen-bond acceptors (Lipinski definition) is 3. The van der Waals surface area contributed by atoms with Crippen LogP contribution < -0.4 is 9.68 Å². The molecule has 0 unspecified atom stereocenters. The Morgan fingerprint density at radius 2 is 1.84 bits per heavy atom. The van der Waals surface area contributed by atoms with Crippen LogP contribution in [-0.2, 0) is 16.3 Å². The number of allylic oxidation sites excluding steroid dienone is 2. The van der Waals surface area contributed by atoms with Crippen molar-refractivity contribution in [1.29, 1.82) is 0 Å². The second-order valence-corrected chi connectivity index (χ2v) is 10.9. The second kappa shape index (κ2) is 6.96. The molecule has 134 valence electrons. The van der Waals surface area contributed by atoms with E-state index in [4.69, 9.17) is 21.4 Å². The molecule has 25 heavy (non-hydrogen) atoms. The summed E-state index contributed by atoms with van der Waals surface area (Å²) in [6.45, 7) is 6.63. The first kappa shape index (κ1) is 17.4. The van der Waals surface area contributed by atoms with Gasteiger partial charge in [-0.3, -0.25) is 0 Å². The van der Waals surface area contributed by atoms with Crippen LogP contribution in [0.25, 0.3) is 0 Å². The molecule has 4 rings (SSSR count). The first-order valence-electron chi connectivity index (χ1n) is 9.40. The van der Waals surface area contributed by atoms with Crippen molar-refractivity contribution in [2.24, 2.45) is 5.10 Å². The molecular weight excluding hydrogens is 349 g/mol. The molecule has 3 aliphatic rings. The molecular formula is C19H27N3OPS+. The van der Waals surface area contributed by atoms with Gasteiger partial charge in [-0.1, -0.05) is 18.2 Å². The van der Waals surface area contributed by atoms with Gasteiger partial charge >= 0.3 is 0 Å². The molecule has 2 heterocycles. The van der Waals surface area contributed by atoms with Crippen molar-refractivity contribution < 1.29 is 9.42 Å². The number of hydrazone groups is 1. The van der Waals surface area contributed by atoms with Gasteiger partial charge < -0.3 is 9.42 Å². The van der Waals surface area contributed by atoms with Crippen LogP contribution in [0, 0.1) is 0 Å². The number of para-hydroxylation sites is 1. The zero-order valence-electron chi connectivity index (χ0n) is 15.1. The van der Waals surface area contributed by atoms with Crippen LogP contribution in [0.5, 0.6) is 0 Å². The number of benzene rings is 1. The minimum atomic E-state index is -2.38. The maximum Gasteiger partial charge on any atom is 0.213 e. The van der Waals surface area contributed by atoms with E-state index in [-0.39, 0.29) is 6.10 Å². The fourth-order valence-electron chi connectivity index (χ4n) is 4.14. The molecule has 2 aliphatic heterocycles. The summed E-state index contributed by atoms with van der Waals surface area (Å²) < 4.78 is 8.54. The van der Waals surface area contributed by atoms with E-state index < -0.39 is 6.42 Å². The predicted molar refractivity (Wildman–Crippen MR) is 108 cm³/mol. The lowest BCUT2D eigenvalue weighted by atomic mass is 10.0. The zero-order valence-corrected chi connectivity index (χ0v) is 16.8. The normalized spacial score (nSPS) is 27.2. The Labute approximate surface area is 155 Å². The lowest BCUT2D eigenvalue weighted by molar-refractivity contribution is -0.849. The highest BCUT2D eigenvalue weighted by atomic mass is 32.4. The van der Waals surface area contributed by atoms with Gasteiger partial charge in [-0.05, 0) is 50.6 Å². The fraction of sp³-hybridized carbons (Fsp3) is 0.526. The van der Waals surface area contributed by atoms with E-state index in [0.717, 1.165) is 18.5 Å². The number of quaternary nitrogens is 1. The van der Waals surface area contributed by atoms with E-state index in [1.54, 1.807) is 4.90 Å². The molecule has 1 aliphatic carbocycles. The molecule has 0 bridgehead atoms. The Hall–Kier alpha value is -1.00. The summed E-state index contributed by atoms with van der Waals surface area (Å²) in [6, 6.07) is 10.3. The SMILES string of the molecule is CC(C)O[P@]1(=S)C2=C([NH+]3CCCC3)CCCC2=NN1c1ccccc1. The Balaban J connectivity index is 1.85. The van der Waals surface area contributed by atoms with Gasteiger partial charge in [-0.15, -0.1) is 0 Å². The van der Waals surface area contributed by atoms with Crippen LogP contribution >= 0.6 is 6.42 Å². The van der Waals surface area contributed by atoms with E-state index in [0.29, 0.717) is 0 Å². The summed E-state index contributed by atoms with van der Waals surface area (Å²) in [5.74, 6) is 0. The third-order valence-electron chi connectivity index (χ3n) is 5.12. The third kappa shape index (κ3) is 3.12. The van der Waals surface area contributed by atoms with Gasteiger partial charge in [0.1, 0.15) is 11.0 Å². The summed E-state index contributed by atoms with van der Waals surface area (Å²) in [5.41, 5.74) is 3.75. The van der Waals surface area contributed by atoms with Gasteiger partial charge in [-0.25, -0.2) is 4.78 Å². The first-order chi connectivity index (χ1) is 12.1. The summed E-state index contributed by atoms with van der Waals surface area (Å²) >= 11 is 6.29. The predicted octanol–water partition coefficient (Wildman–Crippen LogP) is 3.67. The van der Waals surface area contributed by atoms with Gasteiger partial charge in [-0.2, -0.15) is 5.10 Å². The molecule has 0 aromatic heterocycles. The highest BCUT2D eigenvalue weighted by Gasteiger charge is 2.47. The standard InChI is InChI=1S/C19H26N3OPS/c1-15(2)23-24(25)19-17(20-22(24)16-9-4-3-5-10-16)11-8-12-18(19)21-13-6-7-14-21/h3-5,9-10,15H,6-8,11-14H2,1-2H3/p+1/t24-/m0/s1.